The van der Waals surface area contributed by atoms with Gasteiger partial charge in [0.25, 0.3) is 5.91 Å². The number of nitrogens with one attached hydrogen (secondary N) is 1. The molecule has 0 radical (unpaired) electrons. The van der Waals surface area contributed by atoms with Crippen LogP contribution in [-0.4, -0.2) is 26.7 Å². The molecule has 6 heteroatoms. The molecule has 0 fully saturated rings. The van der Waals surface area contributed by atoms with Crippen LogP contribution in [0.3, 0.4) is 0 Å². The highest BCUT2D eigenvalue weighted by Crippen LogP contribution is 2.33. The van der Waals surface area contributed by atoms with Crippen LogP contribution in [0, 0.1) is 0 Å². The third kappa shape index (κ3) is 5.79. The number of carbonyl (C=O) groups is 1. The van der Waals surface area contributed by atoms with Gasteiger partial charge in [0.15, 0.2) is 11.5 Å². The number of ether oxygens (including phenoxy) is 3. The molecule has 0 unspecified atom stereocenters. The highest BCUT2D eigenvalue weighted by Gasteiger charge is 2.14. The molecule has 1 amide bonds. The van der Waals surface area contributed by atoms with Crippen molar-refractivity contribution in [1.29, 1.82) is 0 Å². The number of amides is 1. The summed E-state index contributed by atoms with van der Waals surface area (Å²) in [6, 6.07) is 10.7. The van der Waals surface area contributed by atoms with Crippen LogP contribution < -0.4 is 19.5 Å². The van der Waals surface area contributed by atoms with Crippen molar-refractivity contribution in [2.45, 2.75) is 32.7 Å². The molecule has 0 aliphatic carbocycles. The molecule has 1 N–H and O–H groups in total. The SMILES string of the molecule is CCCCCOc1ccccc1C(=O)NCc1cc(OC)c(OC)cc1Cl. The van der Waals surface area contributed by atoms with Gasteiger partial charge in [-0.2, -0.15) is 0 Å². The molecule has 2 aromatic carbocycles. The first-order valence-electron chi connectivity index (χ1n) is 9.01. The van der Waals surface area contributed by atoms with Crippen molar-refractivity contribution in [2.24, 2.45) is 0 Å². The van der Waals surface area contributed by atoms with Crippen molar-refractivity contribution < 1.29 is 19.0 Å². The summed E-state index contributed by atoms with van der Waals surface area (Å²) in [6.45, 7) is 3.00. The smallest absolute Gasteiger partial charge is 0.255 e. The van der Waals surface area contributed by atoms with E-state index < -0.39 is 0 Å². The lowest BCUT2D eigenvalue weighted by Gasteiger charge is -2.14. The number of benzene rings is 2. The Bertz CT molecular complexity index is 764. The van der Waals surface area contributed by atoms with E-state index in [9.17, 15) is 4.79 Å². The lowest BCUT2D eigenvalue weighted by atomic mass is 10.1. The fraction of sp³-hybridized carbons (Fsp3) is 0.381. The van der Waals surface area contributed by atoms with Crippen LogP contribution in [0.25, 0.3) is 0 Å². The second-order valence-corrected chi connectivity index (χ2v) is 6.44. The summed E-state index contributed by atoms with van der Waals surface area (Å²) in [5.74, 6) is 1.48. The summed E-state index contributed by atoms with van der Waals surface area (Å²) in [7, 11) is 3.10. The highest BCUT2D eigenvalue weighted by atomic mass is 35.5. The van der Waals surface area contributed by atoms with Gasteiger partial charge in [-0.3, -0.25) is 4.79 Å². The van der Waals surface area contributed by atoms with Gasteiger partial charge in [-0.05, 0) is 30.2 Å². The van der Waals surface area contributed by atoms with Gasteiger partial charge in [0.05, 0.1) is 26.4 Å². The monoisotopic (exact) mass is 391 g/mol. The van der Waals surface area contributed by atoms with E-state index in [-0.39, 0.29) is 12.5 Å². The van der Waals surface area contributed by atoms with Crippen molar-refractivity contribution in [3.63, 3.8) is 0 Å². The minimum Gasteiger partial charge on any atom is -0.493 e. The van der Waals surface area contributed by atoms with E-state index in [4.69, 9.17) is 25.8 Å². The van der Waals surface area contributed by atoms with Gasteiger partial charge in [-0.25, -0.2) is 0 Å². The normalized spacial score (nSPS) is 10.4. The number of hydrogen-bond donors (Lipinski definition) is 1. The van der Waals surface area contributed by atoms with E-state index in [1.807, 2.05) is 18.2 Å². The van der Waals surface area contributed by atoms with Gasteiger partial charge in [-0.1, -0.05) is 43.5 Å². The summed E-state index contributed by atoms with van der Waals surface area (Å²) in [6.07, 6.45) is 3.19. The van der Waals surface area contributed by atoms with Crippen LogP contribution in [0.5, 0.6) is 17.2 Å². The first kappa shape index (κ1) is 20.9. The third-order valence-electron chi connectivity index (χ3n) is 4.13. The minimum atomic E-state index is -0.216. The third-order valence-corrected chi connectivity index (χ3v) is 4.48. The molecule has 146 valence electrons. The molecule has 0 aliphatic rings. The van der Waals surface area contributed by atoms with Gasteiger partial charge < -0.3 is 19.5 Å². The van der Waals surface area contributed by atoms with Crippen molar-refractivity contribution in [1.82, 2.24) is 5.32 Å². The Balaban J connectivity index is 2.06. The second kappa shape index (κ2) is 10.7. The van der Waals surface area contributed by atoms with Gasteiger partial charge in [0.1, 0.15) is 5.75 Å². The fourth-order valence-electron chi connectivity index (χ4n) is 2.62. The lowest BCUT2D eigenvalue weighted by Crippen LogP contribution is -2.23. The molecule has 5 nitrogen and oxygen atoms in total. The van der Waals surface area contributed by atoms with Crippen molar-refractivity contribution in [3.05, 3.63) is 52.5 Å². The maximum absolute atomic E-state index is 12.6. The van der Waals surface area contributed by atoms with Gasteiger partial charge >= 0.3 is 0 Å². The Labute approximate surface area is 165 Å². The number of halogens is 1. The zero-order valence-electron chi connectivity index (χ0n) is 16.0. The van der Waals surface area contributed by atoms with E-state index >= 15 is 0 Å². The van der Waals surface area contributed by atoms with Crippen molar-refractivity contribution in [2.75, 3.05) is 20.8 Å². The molecule has 0 aromatic heterocycles. The van der Waals surface area contributed by atoms with E-state index in [2.05, 4.69) is 12.2 Å². The Morgan fingerprint density at radius 2 is 1.74 bits per heavy atom. The summed E-state index contributed by atoms with van der Waals surface area (Å²) in [4.78, 5) is 12.6. The average molecular weight is 392 g/mol. The Morgan fingerprint density at radius 1 is 1.04 bits per heavy atom. The van der Waals surface area contributed by atoms with Crippen molar-refractivity contribution in [3.8, 4) is 17.2 Å². The first-order chi connectivity index (χ1) is 13.1. The molecular weight excluding hydrogens is 366 g/mol. The predicted molar refractivity (Wildman–Crippen MR) is 107 cm³/mol. The molecule has 27 heavy (non-hydrogen) atoms. The predicted octanol–water partition coefficient (Wildman–Crippen LogP) is 4.86. The van der Waals surface area contributed by atoms with E-state index in [1.54, 1.807) is 32.4 Å². The molecule has 0 saturated carbocycles. The molecule has 2 aromatic rings. The van der Waals surface area contributed by atoms with Gasteiger partial charge in [0.2, 0.25) is 0 Å². The lowest BCUT2D eigenvalue weighted by molar-refractivity contribution is 0.0946. The van der Waals surface area contributed by atoms with Crippen LogP contribution in [0.4, 0.5) is 0 Å². The molecular formula is C21H26ClNO4. The van der Waals surface area contributed by atoms with Crippen molar-refractivity contribution >= 4 is 17.5 Å². The summed E-state index contributed by atoms with van der Waals surface area (Å²) in [5.41, 5.74) is 1.25. The number of para-hydroxylation sites is 1. The largest absolute Gasteiger partial charge is 0.493 e. The fourth-order valence-corrected chi connectivity index (χ4v) is 2.84. The van der Waals surface area contributed by atoms with Crippen LogP contribution >= 0.6 is 11.6 Å². The maximum atomic E-state index is 12.6. The minimum absolute atomic E-state index is 0.216. The number of hydrogen-bond acceptors (Lipinski definition) is 4. The molecule has 0 bridgehead atoms. The van der Waals surface area contributed by atoms with Crippen LogP contribution in [0.15, 0.2) is 36.4 Å². The van der Waals surface area contributed by atoms with Crippen LogP contribution in [0.2, 0.25) is 5.02 Å². The number of carbonyl (C=O) groups excluding carboxylic acids is 1. The second-order valence-electron chi connectivity index (χ2n) is 6.03. The summed E-state index contributed by atoms with van der Waals surface area (Å²) < 4.78 is 16.3. The molecule has 0 saturated heterocycles. The quantitative estimate of drug-likeness (QED) is 0.588. The Kier molecular flexibility index (Phi) is 8.27. The Hall–Kier alpha value is -2.40. The van der Waals surface area contributed by atoms with Crippen LogP contribution in [-0.2, 0) is 6.54 Å². The first-order valence-corrected chi connectivity index (χ1v) is 9.38. The standard InChI is InChI=1S/C21H26ClNO4/c1-4-5-8-11-27-18-10-7-6-9-16(18)21(24)23-14-15-12-19(25-2)20(26-3)13-17(15)22/h6-7,9-10,12-13H,4-5,8,11,14H2,1-3H3,(H,23,24). The van der Waals surface area contributed by atoms with E-state index in [0.29, 0.717) is 34.4 Å². The Morgan fingerprint density at radius 3 is 2.44 bits per heavy atom. The van der Waals surface area contributed by atoms with E-state index in [1.165, 1.54) is 0 Å². The molecule has 0 spiro atoms. The molecule has 0 atom stereocenters. The molecule has 2 rings (SSSR count). The zero-order valence-corrected chi connectivity index (χ0v) is 16.8. The maximum Gasteiger partial charge on any atom is 0.255 e. The zero-order chi connectivity index (χ0) is 19.6. The molecule has 0 heterocycles. The van der Waals surface area contributed by atoms with Gasteiger partial charge in [-0.15, -0.1) is 0 Å². The van der Waals surface area contributed by atoms with Gasteiger partial charge in [0, 0.05) is 17.6 Å². The topological polar surface area (TPSA) is 56.8 Å². The highest BCUT2D eigenvalue weighted by molar-refractivity contribution is 6.31. The number of unbranched alkanes of at least 4 members (excludes halogenated alkanes) is 2. The average Bonchev–Trinajstić information content (AvgIpc) is 2.70. The number of rotatable bonds is 10. The van der Waals surface area contributed by atoms with Crippen LogP contribution in [0.1, 0.15) is 42.1 Å². The summed E-state index contributed by atoms with van der Waals surface area (Å²) >= 11 is 6.28. The number of methoxy groups -OCH3 is 2. The van der Waals surface area contributed by atoms with E-state index in [0.717, 1.165) is 24.8 Å². The summed E-state index contributed by atoms with van der Waals surface area (Å²) in [5, 5.41) is 3.38. The molecule has 0 aliphatic heterocycles.